The molecule has 0 saturated carbocycles. The number of fused-ring (bicyclic) bond motifs is 1. The topological polar surface area (TPSA) is 54.0 Å². The summed E-state index contributed by atoms with van der Waals surface area (Å²) in [5.74, 6) is 1.49. The summed E-state index contributed by atoms with van der Waals surface area (Å²) in [5, 5.41) is 14.1. The van der Waals surface area contributed by atoms with Crippen molar-refractivity contribution in [3.05, 3.63) is 23.8 Å². The summed E-state index contributed by atoms with van der Waals surface area (Å²) >= 11 is 0. The first kappa shape index (κ1) is 13.7. The van der Waals surface area contributed by atoms with Crippen LogP contribution in [0.25, 0.3) is 0 Å². The van der Waals surface area contributed by atoms with Crippen LogP contribution in [0.1, 0.15) is 12.5 Å². The van der Waals surface area contributed by atoms with Gasteiger partial charge in [0.05, 0.1) is 5.60 Å². The Labute approximate surface area is 119 Å². The van der Waals surface area contributed by atoms with Crippen molar-refractivity contribution in [1.29, 1.82) is 0 Å². The van der Waals surface area contributed by atoms with Gasteiger partial charge in [0.2, 0.25) is 0 Å². The van der Waals surface area contributed by atoms with Crippen molar-refractivity contribution in [2.75, 3.05) is 45.9 Å². The Kier molecular flexibility index (Phi) is 3.83. The molecule has 1 aromatic rings. The number of aliphatic hydroxyl groups is 1. The molecule has 0 aliphatic carbocycles. The zero-order valence-corrected chi connectivity index (χ0v) is 11.9. The Morgan fingerprint density at radius 2 is 1.90 bits per heavy atom. The van der Waals surface area contributed by atoms with Crippen LogP contribution in [0.2, 0.25) is 0 Å². The molecule has 1 unspecified atom stereocenters. The van der Waals surface area contributed by atoms with Crippen LogP contribution < -0.4 is 14.8 Å². The molecular formula is C15H22N2O3. The van der Waals surface area contributed by atoms with Gasteiger partial charge in [0.25, 0.3) is 0 Å². The average molecular weight is 278 g/mol. The second kappa shape index (κ2) is 5.60. The molecule has 2 aliphatic rings. The summed E-state index contributed by atoms with van der Waals surface area (Å²) < 4.78 is 11.1. The Morgan fingerprint density at radius 3 is 2.65 bits per heavy atom. The first-order chi connectivity index (χ1) is 9.65. The van der Waals surface area contributed by atoms with E-state index in [1.54, 1.807) is 0 Å². The van der Waals surface area contributed by atoms with Gasteiger partial charge in [-0.15, -0.1) is 0 Å². The number of rotatable bonds is 3. The van der Waals surface area contributed by atoms with E-state index < -0.39 is 5.60 Å². The van der Waals surface area contributed by atoms with E-state index in [2.05, 4.69) is 10.2 Å². The Balaban J connectivity index is 1.75. The standard InChI is InChI=1S/C15H22N2O3/c1-15(18,11-17-6-4-16-5-7-17)12-2-3-13-14(10-12)20-9-8-19-13/h2-3,10,16,18H,4-9,11H2,1H3. The molecule has 1 aromatic carbocycles. The molecule has 20 heavy (non-hydrogen) atoms. The Bertz CT molecular complexity index is 470. The number of hydrogen-bond donors (Lipinski definition) is 2. The average Bonchev–Trinajstić information content (AvgIpc) is 2.47. The van der Waals surface area contributed by atoms with Crippen molar-refractivity contribution in [2.45, 2.75) is 12.5 Å². The quantitative estimate of drug-likeness (QED) is 0.846. The normalized spacial score (nSPS) is 22.3. The third kappa shape index (κ3) is 2.90. The Morgan fingerprint density at radius 1 is 1.20 bits per heavy atom. The van der Waals surface area contributed by atoms with Crippen LogP contribution in [0.5, 0.6) is 11.5 Å². The van der Waals surface area contributed by atoms with Crippen LogP contribution in [0.4, 0.5) is 0 Å². The van der Waals surface area contributed by atoms with Crippen molar-refractivity contribution >= 4 is 0 Å². The van der Waals surface area contributed by atoms with Gasteiger partial charge in [-0.05, 0) is 24.6 Å². The van der Waals surface area contributed by atoms with Gasteiger partial charge >= 0.3 is 0 Å². The molecule has 1 saturated heterocycles. The Hall–Kier alpha value is -1.30. The van der Waals surface area contributed by atoms with Crippen LogP contribution in [0, 0.1) is 0 Å². The van der Waals surface area contributed by atoms with E-state index in [0.29, 0.717) is 19.8 Å². The van der Waals surface area contributed by atoms with Gasteiger partial charge in [0.1, 0.15) is 13.2 Å². The lowest BCUT2D eigenvalue weighted by atomic mass is 9.94. The fourth-order valence-electron chi connectivity index (χ4n) is 2.77. The predicted molar refractivity (Wildman–Crippen MR) is 76.3 cm³/mol. The fourth-order valence-corrected chi connectivity index (χ4v) is 2.77. The highest BCUT2D eigenvalue weighted by Gasteiger charge is 2.28. The summed E-state index contributed by atoms with van der Waals surface area (Å²) in [7, 11) is 0. The second-order valence-corrected chi connectivity index (χ2v) is 5.66. The summed E-state index contributed by atoms with van der Waals surface area (Å²) in [6.07, 6.45) is 0. The second-order valence-electron chi connectivity index (χ2n) is 5.66. The molecule has 0 aromatic heterocycles. The maximum Gasteiger partial charge on any atom is 0.161 e. The van der Waals surface area contributed by atoms with Crippen molar-refractivity contribution < 1.29 is 14.6 Å². The minimum atomic E-state index is -0.882. The van der Waals surface area contributed by atoms with Crippen molar-refractivity contribution in [3.8, 4) is 11.5 Å². The number of ether oxygens (including phenoxy) is 2. The molecule has 2 heterocycles. The van der Waals surface area contributed by atoms with Crippen LogP contribution in [-0.4, -0.2) is 55.9 Å². The number of nitrogens with one attached hydrogen (secondary N) is 1. The first-order valence-corrected chi connectivity index (χ1v) is 7.21. The third-order valence-corrected chi connectivity index (χ3v) is 3.91. The number of nitrogens with zero attached hydrogens (tertiary/aromatic N) is 1. The number of piperazine rings is 1. The van der Waals surface area contributed by atoms with Gasteiger partial charge in [0.15, 0.2) is 11.5 Å². The third-order valence-electron chi connectivity index (χ3n) is 3.91. The molecule has 1 atom stereocenters. The highest BCUT2D eigenvalue weighted by atomic mass is 16.6. The largest absolute Gasteiger partial charge is 0.486 e. The highest BCUT2D eigenvalue weighted by Crippen LogP contribution is 2.34. The molecule has 0 radical (unpaired) electrons. The van der Waals surface area contributed by atoms with E-state index in [1.807, 2.05) is 25.1 Å². The van der Waals surface area contributed by atoms with E-state index in [4.69, 9.17) is 9.47 Å². The molecular weight excluding hydrogens is 256 g/mol. The van der Waals surface area contributed by atoms with E-state index in [9.17, 15) is 5.11 Å². The monoisotopic (exact) mass is 278 g/mol. The number of hydrogen-bond acceptors (Lipinski definition) is 5. The van der Waals surface area contributed by atoms with Crippen LogP contribution in [0.15, 0.2) is 18.2 Å². The van der Waals surface area contributed by atoms with E-state index in [1.165, 1.54) is 0 Å². The smallest absolute Gasteiger partial charge is 0.161 e. The minimum absolute atomic E-state index is 0.566. The van der Waals surface area contributed by atoms with Crippen molar-refractivity contribution in [1.82, 2.24) is 10.2 Å². The van der Waals surface area contributed by atoms with Crippen molar-refractivity contribution in [3.63, 3.8) is 0 Å². The first-order valence-electron chi connectivity index (χ1n) is 7.21. The van der Waals surface area contributed by atoms with Gasteiger partial charge in [-0.2, -0.15) is 0 Å². The summed E-state index contributed by atoms with van der Waals surface area (Å²) in [6.45, 7) is 7.56. The predicted octanol–water partition coefficient (Wildman–Crippen LogP) is 0.570. The molecule has 0 bridgehead atoms. The molecule has 0 spiro atoms. The van der Waals surface area contributed by atoms with E-state index in [0.717, 1.165) is 43.2 Å². The summed E-state index contributed by atoms with van der Waals surface area (Å²) in [4.78, 5) is 2.29. The van der Waals surface area contributed by atoms with Gasteiger partial charge in [-0.3, -0.25) is 4.90 Å². The molecule has 2 N–H and O–H groups in total. The molecule has 5 nitrogen and oxygen atoms in total. The van der Waals surface area contributed by atoms with Gasteiger partial charge in [0, 0.05) is 32.7 Å². The maximum absolute atomic E-state index is 10.8. The lowest BCUT2D eigenvalue weighted by molar-refractivity contribution is 0.0122. The number of β-amino-alcohol motifs (C(OH)–C–C–N with tert-alkyl or cyclic N) is 1. The van der Waals surface area contributed by atoms with Crippen LogP contribution in [0.3, 0.4) is 0 Å². The molecule has 3 rings (SSSR count). The van der Waals surface area contributed by atoms with Gasteiger partial charge in [-0.1, -0.05) is 6.07 Å². The van der Waals surface area contributed by atoms with Gasteiger partial charge in [-0.25, -0.2) is 0 Å². The minimum Gasteiger partial charge on any atom is -0.486 e. The lowest BCUT2D eigenvalue weighted by Gasteiger charge is -2.34. The molecule has 110 valence electrons. The van der Waals surface area contributed by atoms with Crippen LogP contribution >= 0.6 is 0 Å². The van der Waals surface area contributed by atoms with Gasteiger partial charge < -0.3 is 19.9 Å². The van der Waals surface area contributed by atoms with Crippen LogP contribution in [-0.2, 0) is 5.60 Å². The zero-order valence-electron chi connectivity index (χ0n) is 11.9. The van der Waals surface area contributed by atoms with E-state index in [-0.39, 0.29) is 0 Å². The highest BCUT2D eigenvalue weighted by molar-refractivity contribution is 5.45. The molecule has 1 fully saturated rings. The fraction of sp³-hybridized carbons (Fsp3) is 0.600. The lowest BCUT2D eigenvalue weighted by Crippen LogP contribution is -2.48. The maximum atomic E-state index is 10.8. The summed E-state index contributed by atoms with van der Waals surface area (Å²) in [6, 6.07) is 5.71. The SMILES string of the molecule is CC(O)(CN1CCNCC1)c1ccc2c(c1)OCCO2. The zero-order chi connectivity index (χ0) is 14.0. The van der Waals surface area contributed by atoms with E-state index >= 15 is 0 Å². The molecule has 5 heteroatoms. The molecule has 0 amide bonds. The summed E-state index contributed by atoms with van der Waals surface area (Å²) in [5.41, 5.74) is -0.00651. The number of benzene rings is 1. The van der Waals surface area contributed by atoms with Crippen molar-refractivity contribution in [2.24, 2.45) is 0 Å². The molecule has 2 aliphatic heterocycles.